The number of ether oxygens (including phenoxy) is 1. The molecular weight excluding hydrogens is 256 g/mol. The van der Waals surface area contributed by atoms with Gasteiger partial charge in [-0.1, -0.05) is 19.9 Å². The van der Waals surface area contributed by atoms with Gasteiger partial charge in [-0.15, -0.1) is 11.3 Å². The van der Waals surface area contributed by atoms with Gasteiger partial charge in [0.2, 0.25) is 0 Å². The molecule has 1 heterocycles. The van der Waals surface area contributed by atoms with Gasteiger partial charge < -0.3 is 10.5 Å². The van der Waals surface area contributed by atoms with Crippen molar-refractivity contribution in [1.29, 1.82) is 0 Å². The molecule has 19 heavy (non-hydrogen) atoms. The van der Waals surface area contributed by atoms with Crippen LogP contribution in [0.2, 0.25) is 0 Å². The van der Waals surface area contributed by atoms with E-state index in [1.54, 1.807) is 18.4 Å². The Labute approximate surface area is 121 Å². The zero-order valence-corrected chi connectivity index (χ0v) is 13.5. The number of nitrogens with zero attached hydrogens (tertiary/aromatic N) is 1. The second-order valence-electron chi connectivity index (χ2n) is 5.02. The van der Waals surface area contributed by atoms with E-state index in [4.69, 9.17) is 10.5 Å². The van der Waals surface area contributed by atoms with E-state index in [-0.39, 0.29) is 6.04 Å². The second kappa shape index (κ2) is 8.69. The summed E-state index contributed by atoms with van der Waals surface area (Å²) in [6.07, 6.45) is 2.30. The molecule has 2 unspecified atom stereocenters. The van der Waals surface area contributed by atoms with Gasteiger partial charge in [-0.2, -0.15) is 0 Å². The van der Waals surface area contributed by atoms with Crippen LogP contribution in [0.15, 0.2) is 17.5 Å². The highest BCUT2D eigenvalue weighted by Crippen LogP contribution is 2.30. The number of hydrogen-bond acceptors (Lipinski definition) is 4. The number of thiophene rings is 1. The monoisotopic (exact) mass is 284 g/mol. The van der Waals surface area contributed by atoms with Crippen molar-refractivity contribution in [2.24, 2.45) is 5.73 Å². The minimum atomic E-state index is 0.121. The van der Waals surface area contributed by atoms with Crippen molar-refractivity contribution in [2.75, 3.05) is 20.3 Å². The number of rotatable bonds is 9. The summed E-state index contributed by atoms with van der Waals surface area (Å²) in [4.78, 5) is 3.89. The molecule has 0 fully saturated rings. The molecular formula is C15H28N2OS. The van der Waals surface area contributed by atoms with Crippen LogP contribution < -0.4 is 5.73 Å². The Morgan fingerprint density at radius 2 is 2.05 bits per heavy atom. The van der Waals surface area contributed by atoms with E-state index in [1.807, 2.05) is 0 Å². The highest BCUT2D eigenvalue weighted by molar-refractivity contribution is 7.10. The van der Waals surface area contributed by atoms with Crippen molar-refractivity contribution in [1.82, 2.24) is 4.90 Å². The summed E-state index contributed by atoms with van der Waals surface area (Å²) in [6, 6.07) is 5.28. The van der Waals surface area contributed by atoms with Gasteiger partial charge in [-0.25, -0.2) is 0 Å². The highest BCUT2D eigenvalue weighted by Gasteiger charge is 2.28. The van der Waals surface area contributed by atoms with Crippen LogP contribution in [0.25, 0.3) is 0 Å². The van der Waals surface area contributed by atoms with E-state index in [9.17, 15) is 0 Å². The molecule has 0 saturated carbocycles. The van der Waals surface area contributed by atoms with Crippen LogP contribution >= 0.6 is 11.3 Å². The second-order valence-corrected chi connectivity index (χ2v) is 6.00. The topological polar surface area (TPSA) is 38.5 Å². The minimum Gasteiger partial charge on any atom is -0.383 e. The molecule has 4 heteroatoms. The van der Waals surface area contributed by atoms with Gasteiger partial charge in [0.25, 0.3) is 0 Å². The fraction of sp³-hybridized carbons (Fsp3) is 0.733. The summed E-state index contributed by atoms with van der Waals surface area (Å²) in [5, 5.41) is 2.13. The van der Waals surface area contributed by atoms with Crippen LogP contribution in [0, 0.1) is 0 Å². The Bertz CT molecular complexity index is 323. The Balaban J connectivity index is 2.96. The molecule has 0 amide bonds. The quantitative estimate of drug-likeness (QED) is 0.756. The molecule has 0 aliphatic carbocycles. The molecule has 2 N–H and O–H groups in total. The van der Waals surface area contributed by atoms with Gasteiger partial charge in [-0.05, 0) is 31.2 Å². The third kappa shape index (κ3) is 4.56. The van der Waals surface area contributed by atoms with Crippen LogP contribution in [-0.4, -0.2) is 37.2 Å². The lowest BCUT2D eigenvalue weighted by molar-refractivity contribution is 0.0716. The molecule has 0 aliphatic rings. The molecule has 0 aromatic carbocycles. The Morgan fingerprint density at radius 3 is 2.47 bits per heavy atom. The average molecular weight is 284 g/mol. The smallest absolute Gasteiger partial charge is 0.0593 e. The molecule has 0 aliphatic heterocycles. The third-order valence-corrected chi connectivity index (χ3v) is 4.60. The van der Waals surface area contributed by atoms with Gasteiger partial charge >= 0.3 is 0 Å². The first-order valence-corrected chi connectivity index (χ1v) is 8.07. The van der Waals surface area contributed by atoms with Crippen LogP contribution in [0.5, 0.6) is 0 Å². The Hall–Kier alpha value is -0.420. The summed E-state index contributed by atoms with van der Waals surface area (Å²) < 4.78 is 5.28. The summed E-state index contributed by atoms with van der Waals surface area (Å²) in [7, 11) is 1.76. The lowest BCUT2D eigenvalue weighted by atomic mass is 10.0. The molecule has 1 rings (SSSR count). The number of methoxy groups -OCH3 is 1. The molecule has 1 aromatic rings. The van der Waals surface area contributed by atoms with E-state index in [1.165, 1.54) is 4.88 Å². The maximum absolute atomic E-state index is 6.27. The molecule has 1 aromatic heterocycles. The fourth-order valence-electron chi connectivity index (χ4n) is 2.69. The maximum Gasteiger partial charge on any atom is 0.0593 e. The van der Waals surface area contributed by atoms with Crippen LogP contribution in [0.4, 0.5) is 0 Å². The zero-order chi connectivity index (χ0) is 14.3. The summed E-state index contributed by atoms with van der Waals surface area (Å²) in [5.74, 6) is 0. The highest BCUT2D eigenvalue weighted by atomic mass is 32.1. The first kappa shape index (κ1) is 16.6. The first-order chi connectivity index (χ1) is 9.15. The van der Waals surface area contributed by atoms with Gasteiger partial charge in [0.15, 0.2) is 0 Å². The lowest BCUT2D eigenvalue weighted by Crippen LogP contribution is -2.46. The van der Waals surface area contributed by atoms with Crippen molar-refractivity contribution < 1.29 is 4.74 Å². The predicted octanol–water partition coefficient (Wildman–Crippen LogP) is 3.27. The van der Waals surface area contributed by atoms with Gasteiger partial charge in [0.05, 0.1) is 12.6 Å². The first-order valence-electron chi connectivity index (χ1n) is 7.19. The maximum atomic E-state index is 6.27. The van der Waals surface area contributed by atoms with Gasteiger partial charge in [0.1, 0.15) is 0 Å². The van der Waals surface area contributed by atoms with E-state index in [2.05, 4.69) is 43.2 Å². The predicted molar refractivity (Wildman–Crippen MR) is 83.7 cm³/mol. The van der Waals surface area contributed by atoms with Gasteiger partial charge in [0, 0.05) is 30.6 Å². The van der Waals surface area contributed by atoms with E-state index >= 15 is 0 Å². The van der Waals surface area contributed by atoms with Crippen LogP contribution in [0.3, 0.4) is 0 Å². The lowest BCUT2D eigenvalue weighted by Gasteiger charge is -2.39. The third-order valence-electron chi connectivity index (χ3n) is 3.66. The number of hydrogen-bond donors (Lipinski definition) is 1. The Morgan fingerprint density at radius 1 is 1.37 bits per heavy atom. The molecule has 0 saturated heterocycles. The Kier molecular flexibility index (Phi) is 7.61. The van der Waals surface area contributed by atoms with Crippen LogP contribution in [-0.2, 0) is 4.74 Å². The minimum absolute atomic E-state index is 0.121. The van der Waals surface area contributed by atoms with E-state index in [0.717, 1.165) is 26.0 Å². The largest absolute Gasteiger partial charge is 0.383 e. The molecule has 0 bridgehead atoms. The van der Waals surface area contributed by atoms with E-state index in [0.29, 0.717) is 12.1 Å². The average Bonchev–Trinajstić information content (AvgIpc) is 2.90. The van der Waals surface area contributed by atoms with Crippen molar-refractivity contribution in [3.63, 3.8) is 0 Å². The summed E-state index contributed by atoms with van der Waals surface area (Å²) in [6.45, 7) is 8.30. The normalized spacial score (nSPS) is 15.1. The fourth-order valence-corrected chi connectivity index (χ4v) is 3.65. The summed E-state index contributed by atoms with van der Waals surface area (Å²) >= 11 is 1.80. The number of nitrogens with two attached hydrogens (primary N) is 1. The van der Waals surface area contributed by atoms with Crippen LogP contribution in [0.1, 0.15) is 44.5 Å². The SMILES string of the molecule is CCC(CC)N(CCOC)C(c1cccs1)C(C)N. The standard InChI is InChI=1S/C15H28N2OS/c1-5-13(6-2)17(9-10-18-4)15(12(3)16)14-8-7-11-19-14/h7-8,11-13,15H,5-6,9-10,16H2,1-4H3. The molecule has 0 radical (unpaired) electrons. The molecule has 0 spiro atoms. The summed E-state index contributed by atoms with van der Waals surface area (Å²) in [5.41, 5.74) is 6.27. The molecule has 2 atom stereocenters. The van der Waals surface area contributed by atoms with Crippen molar-refractivity contribution in [2.45, 2.75) is 51.7 Å². The van der Waals surface area contributed by atoms with E-state index < -0.39 is 0 Å². The molecule has 3 nitrogen and oxygen atoms in total. The molecule has 110 valence electrons. The van der Waals surface area contributed by atoms with Crippen molar-refractivity contribution >= 4 is 11.3 Å². The van der Waals surface area contributed by atoms with Crippen molar-refractivity contribution in [3.8, 4) is 0 Å². The van der Waals surface area contributed by atoms with Crippen molar-refractivity contribution in [3.05, 3.63) is 22.4 Å². The zero-order valence-electron chi connectivity index (χ0n) is 12.6. The van der Waals surface area contributed by atoms with Gasteiger partial charge in [-0.3, -0.25) is 4.90 Å².